The van der Waals surface area contributed by atoms with Gasteiger partial charge in [0.25, 0.3) is 0 Å². The topological polar surface area (TPSA) is 134 Å². The predicted molar refractivity (Wildman–Crippen MR) is 135 cm³/mol. The van der Waals surface area contributed by atoms with Gasteiger partial charge < -0.3 is 15.5 Å². The number of hydrogen-bond acceptors (Lipinski definition) is 5. The number of benzene rings is 2. The molecule has 4 rings (SSSR count). The molecule has 1 fully saturated rings. The minimum Gasteiger partial charge on any atom is -0.343 e. The molecule has 0 spiro atoms. The molecule has 4 N–H and O–H groups in total. The van der Waals surface area contributed by atoms with Crippen LogP contribution < -0.4 is 15.8 Å². The fraction of sp³-hybridized carbons (Fsp3) is 0.320. The number of rotatable bonds is 6. The first-order valence-corrected chi connectivity index (χ1v) is 13.1. The Kier molecular flexibility index (Phi) is 7.32. The zero-order chi connectivity index (χ0) is 25.0. The fourth-order valence-corrected chi connectivity index (χ4v) is 4.73. The van der Waals surface area contributed by atoms with Crippen molar-refractivity contribution < 1.29 is 18.0 Å². The van der Waals surface area contributed by atoms with E-state index in [4.69, 9.17) is 5.14 Å². The summed E-state index contributed by atoms with van der Waals surface area (Å²) >= 11 is 0. The van der Waals surface area contributed by atoms with Gasteiger partial charge in [0.05, 0.1) is 10.4 Å². The van der Waals surface area contributed by atoms with Gasteiger partial charge in [0.2, 0.25) is 15.9 Å². The zero-order valence-electron chi connectivity index (χ0n) is 19.5. The summed E-state index contributed by atoms with van der Waals surface area (Å²) in [6.45, 7) is 3.93. The molecule has 184 valence electrons. The Labute approximate surface area is 204 Å². The third-order valence-electron chi connectivity index (χ3n) is 6.28. The second-order valence-corrected chi connectivity index (χ2v) is 10.3. The Morgan fingerprint density at radius 2 is 1.77 bits per heavy atom. The van der Waals surface area contributed by atoms with Crippen molar-refractivity contribution >= 4 is 38.6 Å². The number of anilines is 1. The standard InChI is InChI=1S/C25H29N5O4S/c1-2-24(31)30-11-9-17(10-12-30)15-28-25(32)29-21-6-3-19-13-20(16-27-23(19)14-21)18-4-7-22(8-5-18)35(26,33)34/h3-8,13-14,16-17H,2,9-12,15H2,1H3,(H2,26,33,34)(H2,28,29,32). The molecule has 1 aliphatic heterocycles. The number of carbonyl (C=O) groups is 2. The fourth-order valence-electron chi connectivity index (χ4n) is 4.22. The van der Waals surface area contributed by atoms with Gasteiger partial charge in [0.15, 0.2) is 0 Å². The van der Waals surface area contributed by atoms with Crippen molar-refractivity contribution in [2.24, 2.45) is 11.1 Å². The maximum atomic E-state index is 12.4. The first-order chi connectivity index (χ1) is 16.7. The number of sulfonamides is 1. The minimum atomic E-state index is -3.74. The average molecular weight is 496 g/mol. The van der Waals surface area contributed by atoms with Crippen LogP contribution in [0.15, 0.2) is 59.6 Å². The highest BCUT2D eigenvalue weighted by atomic mass is 32.2. The van der Waals surface area contributed by atoms with Crippen LogP contribution in [-0.4, -0.2) is 49.9 Å². The molecular formula is C25H29N5O4S. The molecule has 1 aliphatic rings. The van der Waals surface area contributed by atoms with Gasteiger partial charge in [-0.1, -0.05) is 25.1 Å². The van der Waals surface area contributed by atoms with Crippen LogP contribution in [0.25, 0.3) is 22.0 Å². The molecule has 0 atom stereocenters. The summed E-state index contributed by atoms with van der Waals surface area (Å²) in [6.07, 6.45) is 4.01. The quantitative estimate of drug-likeness (QED) is 0.482. The van der Waals surface area contributed by atoms with Crippen LogP contribution in [0.2, 0.25) is 0 Å². The Bertz CT molecular complexity index is 1330. The molecule has 0 radical (unpaired) electrons. The van der Waals surface area contributed by atoms with E-state index >= 15 is 0 Å². The number of piperidine rings is 1. The number of primary sulfonamides is 1. The van der Waals surface area contributed by atoms with Crippen LogP contribution in [0.1, 0.15) is 26.2 Å². The van der Waals surface area contributed by atoms with Crippen molar-refractivity contribution in [3.05, 3.63) is 54.7 Å². The van der Waals surface area contributed by atoms with Crippen LogP contribution in [0.5, 0.6) is 0 Å². The third kappa shape index (κ3) is 6.14. The van der Waals surface area contributed by atoms with Crippen molar-refractivity contribution in [3.8, 4) is 11.1 Å². The number of urea groups is 1. The number of pyridine rings is 1. The van der Waals surface area contributed by atoms with E-state index in [0.717, 1.165) is 48.0 Å². The van der Waals surface area contributed by atoms with Gasteiger partial charge in [-0.05, 0) is 54.7 Å². The summed E-state index contributed by atoms with van der Waals surface area (Å²) in [7, 11) is -3.74. The summed E-state index contributed by atoms with van der Waals surface area (Å²) in [6, 6.07) is 13.5. The van der Waals surface area contributed by atoms with Crippen molar-refractivity contribution in [1.82, 2.24) is 15.2 Å². The van der Waals surface area contributed by atoms with Crippen LogP contribution in [-0.2, 0) is 14.8 Å². The van der Waals surface area contributed by atoms with Crippen molar-refractivity contribution in [2.45, 2.75) is 31.1 Å². The Balaban J connectivity index is 1.34. The largest absolute Gasteiger partial charge is 0.343 e. The lowest BCUT2D eigenvalue weighted by Crippen LogP contribution is -2.42. The lowest BCUT2D eigenvalue weighted by Gasteiger charge is -2.31. The lowest BCUT2D eigenvalue weighted by atomic mass is 9.96. The molecule has 1 aromatic heterocycles. The van der Waals surface area contributed by atoms with Gasteiger partial charge in [-0.25, -0.2) is 18.4 Å². The maximum absolute atomic E-state index is 12.4. The molecule has 0 saturated carbocycles. The van der Waals surface area contributed by atoms with Crippen molar-refractivity contribution in [3.63, 3.8) is 0 Å². The number of carbonyl (C=O) groups excluding carboxylic acids is 2. The number of likely N-dealkylation sites (tertiary alicyclic amines) is 1. The summed E-state index contributed by atoms with van der Waals surface area (Å²) in [5.74, 6) is 0.545. The zero-order valence-corrected chi connectivity index (χ0v) is 20.3. The number of aromatic nitrogens is 1. The van der Waals surface area contributed by atoms with Gasteiger partial charge in [0.1, 0.15) is 0 Å². The Morgan fingerprint density at radius 3 is 2.43 bits per heavy atom. The Hall–Kier alpha value is -3.50. The first kappa shape index (κ1) is 24.6. The molecule has 1 saturated heterocycles. The highest BCUT2D eigenvalue weighted by Crippen LogP contribution is 2.25. The molecule has 0 unspecified atom stereocenters. The van der Waals surface area contributed by atoms with Gasteiger partial charge in [-0.3, -0.25) is 9.78 Å². The van der Waals surface area contributed by atoms with E-state index in [-0.39, 0.29) is 16.8 Å². The molecule has 0 aliphatic carbocycles. The lowest BCUT2D eigenvalue weighted by molar-refractivity contribution is -0.132. The SMILES string of the molecule is CCC(=O)N1CCC(CNC(=O)Nc2ccc3cc(-c4ccc(S(N)(=O)=O)cc4)cnc3c2)CC1. The molecule has 2 heterocycles. The third-order valence-corrected chi connectivity index (χ3v) is 7.21. The summed E-state index contributed by atoms with van der Waals surface area (Å²) < 4.78 is 22.9. The number of nitrogens with zero attached hydrogens (tertiary/aromatic N) is 2. The van der Waals surface area contributed by atoms with Gasteiger partial charge >= 0.3 is 6.03 Å². The van der Waals surface area contributed by atoms with Crippen molar-refractivity contribution in [2.75, 3.05) is 25.0 Å². The normalized spacial score (nSPS) is 14.6. The molecule has 35 heavy (non-hydrogen) atoms. The number of nitrogens with one attached hydrogen (secondary N) is 2. The monoisotopic (exact) mass is 495 g/mol. The van der Waals surface area contributed by atoms with E-state index in [2.05, 4.69) is 15.6 Å². The second-order valence-electron chi connectivity index (χ2n) is 8.71. The van der Waals surface area contributed by atoms with Crippen LogP contribution in [0.4, 0.5) is 10.5 Å². The van der Waals surface area contributed by atoms with E-state index in [1.54, 1.807) is 24.4 Å². The first-order valence-electron chi connectivity index (χ1n) is 11.6. The summed E-state index contributed by atoms with van der Waals surface area (Å²) in [5.41, 5.74) is 3.01. The van der Waals surface area contributed by atoms with Crippen LogP contribution in [0.3, 0.4) is 0 Å². The van der Waals surface area contributed by atoms with Gasteiger partial charge in [-0.2, -0.15) is 0 Å². The van der Waals surface area contributed by atoms with Gasteiger partial charge in [0, 0.05) is 48.9 Å². The maximum Gasteiger partial charge on any atom is 0.319 e. The van der Waals surface area contributed by atoms with E-state index < -0.39 is 10.0 Å². The molecule has 3 amide bonds. The van der Waals surface area contributed by atoms with Crippen molar-refractivity contribution in [1.29, 1.82) is 0 Å². The number of amides is 3. The molecule has 3 aromatic rings. The highest BCUT2D eigenvalue weighted by molar-refractivity contribution is 7.89. The van der Waals surface area contributed by atoms with E-state index in [1.165, 1.54) is 12.1 Å². The van der Waals surface area contributed by atoms with E-state index in [9.17, 15) is 18.0 Å². The molecule has 9 nitrogen and oxygen atoms in total. The average Bonchev–Trinajstić information content (AvgIpc) is 2.86. The number of nitrogens with two attached hydrogens (primary N) is 1. The Morgan fingerprint density at radius 1 is 1.06 bits per heavy atom. The van der Waals surface area contributed by atoms with Gasteiger partial charge in [-0.15, -0.1) is 0 Å². The minimum absolute atomic E-state index is 0.0565. The number of fused-ring (bicyclic) bond motifs is 1. The number of hydrogen-bond donors (Lipinski definition) is 3. The predicted octanol–water partition coefficient (Wildman–Crippen LogP) is 3.32. The molecule has 2 aromatic carbocycles. The molecular weight excluding hydrogens is 466 g/mol. The highest BCUT2D eigenvalue weighted by Gasteiger charge is 2.22. The van der Waals surface area contributed by atoms with Crippen LogP contribution >= 0.6 is 0 Å². The smallest absolute Gasteiger partial charge is 0.319 e. The van der Waals surface area contributed by atoms with E-state index in [0.29, 0.717) is 24.6 Å². The van der Waals surface area contributed by atoms with Crippen LogP contribution in [0, 0.1) is 5.92 Å². The summed E-state index contributed by atoms with van der Waals surface area (Å²) in [4.78, 5) is 30.6. The summed E-state index contributed by atoms with van der Waals surface area (Å²) in [5, 5.41) is 11.8. The van der Waals surface area contributed by atoms with E-state index in [1.807, 2.05) is 30.0 Å². The molecule has 0 bridgehead atoms. The second kappa shape index (κ2) is 10.4. The molecule has 10 heteroatoms.